The van der Waals surface area contributed by atoms with Crippen LogP contribution in [0, 0.1) is 13.8 Å². The first-order valence-electron chi connectivity index (χ1n) is 8.18. The molecule has 3 aromatic rings. The predicted octanol–water partition coefficient (Wildman–Crippen LogP) is 5.17. The fraction of sp³-hybridized carbons (Fsp3) is 0.200. The van der Waals surface area contributed by atoms with Crippen LogP contribution in [-0.4, -0.2) is 10.9 Å². The van der Waals surface area contributed by atoms with E-state index in [1.165, 1.54) is 22.5 Å². The Balaban J connectivity index is 1.54. The largest absolute Gasteiger partial charge is 0.486 e. The Labute approximate surface area is 161 Å². The molecule has 1 heterocycles. The van der Waals surface area contributed by atoms with E-state index in [9.17, 15) is 4.79 Å². The second kappa shape index (κ2) is 8.34. The van der Waals surface area contributed by atoms with Gasteiger partial charge in [-0.2, -0.15) is 0 Å². The minimum Gasteiger partial charge on any atom is -0.486 e. The van der Waals surface area contributed by atoms with Crippen LogP contribution < -0.4 is 10.1 Å². The summed E-state index contributed by atoms with van der Waals surface area (Å²) in [6.07, 6.45) is 0.215. The zero-order valence-electron chi connectivity index (χ0n) is 14.6. The van der Waals surface area contributed by atoms with Crippen molar-refractivity contribution in [1.82, 2.24) is 4.98 Å². The van der Waals surface area contributed by atoms with E-state index in [1.807, 2.05) is 23.6 Å². The zero-order chi connectivity index (χ0) is 18.5. The van der Waals surface area contributed by atoms with Crippen molar-refractivity contribution in [3.8, 4) is 5.75 Å². The van der Waals surface area contributed by atoms with Crippen molar-refractivity contribution in [1.29, 1.82) is 0 Å². The highest BCUT2D eigenvalue weighted by Crippen LogP contribution is 2.19. The third kappa shape index (κ3) is 5.07. The predicted molar refractivity (Wildman–Crippen MR) is 106 cm³/mol. The van der Waals surface area contributed by atoms with Gasteiger partial charge in [-0.3, -0.25) is 4.79 Å². The molecule has 0 aliphatic carbocycles. The summed E-state index contributed by atoms with van der Waals surface area (Å²) in [6, 6.07) is 13.1. The Morgan fingerprint density at radius 2 is 2.04 bits per heavy atom. The summed E-state index contributed by atoms with van der Waals surface area (Å²) in [7, 11) is 0. The van der Waals surface area contributed by atoms with Crippen LogP contribution in [0.4, 0.5) is 5.69 Å². The highest BCUT2D eigenvalue weighted by molar-refractivity contribution is 7.09. The van der Waals surface area contributed by atoms with Gasteiger partial charge in [0.05, 0.1) is 12.1 Å². The average Bonchev–Trinajstić information content (AvgIpc) is 3.03. The Bertz CT molecular complexity index is 924. The lowest BCUT2D eigenvalue weighted by molar-refractivity contribution is -0.115. The number of nitrogens with zero attached hydrogens (tertiary/aromatic N) is 1. The van der Waals surface area contributed by atoms with Gasteiger partial charge in [0, 0.05) is 16.1 Å². The maximum absolute atomic E-state index is 12.1. The number of benzene rings is 2. The number of amides is 1. The molecule has 4 nitrogen and oxygen atoms in total. The number of carbonyl (C=O) groups is 1. The second-order valence-electron chi connectivity index (χ2n) is 6.00. The number of ether oxygens (including phenoxy) is 1. The van der Waals surface area contributed by atoms with Gasteiger partial charge in [-0.15, -0.1) is 11.3 Å². The summed E-state index contributed by atoms with van der Waals surface area (Å²) in [5.41, 5.74) is 3.84. The Morgan fingerprint density at radius 3 is 2.81 bits per heavy atom. The number of thiazole rings is 1. The molecule has 1 aromatic heterocycles. The maximum Gasteiger partial charge on any atom is 0.230 e. The molecule has 0 atom stereocenters. The third-order valence-electron chi connectivity index (χ3n) is 3.89. The molecule has 0 bridgehead atoms. The number of aromatic nitrogens is 1. The van der Waals surface area contributed by atoms with Crippen molar-refractivity contribution in [2.24, 2.45) is 0 Å². The lowest BCUT2D eigenvalue weighted by atomic mass is 10.1. The standard InChI is InChI=1S/C20H19ClN2O2S/c1-13-6-7-18(8-14(13)2)25-11-20-23-17(12-26-20)10-19(24)22-16-5-3-4-15(21)9-16/h3-9,12H,10-11H2,1-2H3,(H,22,24). The lowest BCUT2D eigenvalue weighted by Gasteiger charge is -2.06. The van der Waals surface area contributed by atoms with E-state index in [0.29, 0.717) is 17.3 Å². The van der Waals surface area contributed by atoms with Gasteiger partial charge in [-0.05, 0) is 55.3 Å². The van der Waals surface area contributed by atoms with E-state index < -0.39 is 0 Å². The van der Waals surface area contributed by atoms with E-state index in [0.717, 1.165) is 16.5 Å². The van der Waals surface area contributed by atoms with Crippen molar-refractivity contribution in [2.45, 2.75) is 26.9 Å². The molecule has 2 aromatic carbocycles. The molecule has 1 N–H and O–H groups in total. The molecule has 0 saturated heterocycles. The Morgan fingerprint density at radius 1 is 1.19 bits per heavy atom. The highest BCUT2D eigenvalue weighted by Gasteiger charge is 2.09. The number of rotatable bonds is 6. The van der Waals surface area contributed by atoms with E-state index >= 15 is 0 Å². The summed E-state index contributed by atoms with van der Waals surface area (Å²) in [4.78, 5) is 16.6. The average molecular weight is 387 g/mol. The first-order chi connectivity index (χ1) is 12.5. The molecule has 0 radical (unpaired) electrons. The molecule has 134 valence electrons. The summed E-state index contributed by atoms with van der Waals surface area (Å²) in [6.45, 7) is 4.52. The van der Waals surface area contributed by atoms with Gasteiger partial charge >= 0.3 is 0 Å². The number of halogens is 1. The molecular weight excluding hydrogens is 368 g/mol. The number of hydrogen-bond donors (Lipinski definition) is 1. The van der Waals surface area contributed by atoms with Crippen molar-refractivity contribution < 1.29 is 9.53 Å². The lowest BCUT2D eigenvalue weighted by Crippen LogP contribution is -2.14. The van der Waals surface area contributed by atoms with Crippen LogP contribution in [0.25, 0.3) is 0 Å². The molecular formula is C20H19ClN2O2S. The van der Waals surface area contributed by atoms with Crippen LogP contribution in [0.2, 0.25) is 5.02 Å². The number of aryl methyl sites for hydroxylation is 2. The minimum absolute atomic E-state index is 0.126. The molecule has 1 amide bonds. The van der Waals surface area contributed by atoms with Gasteiger partial charge in [0.1, 0.15) is 17.4 Å². The number of nitrogens with one attached hydrogen (secondary N) is 1. The van der Waals surface area contributed by atoms with Gasteiger partial charge in [0.15, 0.2) is 0 Å². The quantitative estimate of drug-likeness (QED) is 0.635. The SMILES string of the molecule is Cc1ccc(OCc2nc(CC(=O)Nc3cccc(Cl)c3)cs2)cc1C. The number of hydrogen-bond acceptors (Lipinski definition) is 4. The van der Waals surface area contributed by atoms with Gasteiger partial charge in [-0.1, -0.05) is 23.7 Å². The number of carbonyl (C=O) groups excluding carboxylic acids is 1. The molecule has 0 fully saturated rings. The minimum atomic E-state index is -0.126. The number of anilines is 1. The topological polar surface area (TPSA) is 51.2 Å². The molecule has 3 rings (SSSR count). The molecule has 26 heavy (non-hydrogen) atoms. The Hall–Kier alpha value is -2.37. The Kier molecular flexibility index (Phi) is 5.91. The van der Waals surface area contributed by atoms with E-state index in [-0.39, 0.29) is 12.3 Å². The summed E-state index contributed by atoms with van der Waals surface area (Å²) in [5.74, 6) is 0.697. The van der Waals surface area contributed by atoms with Gasteiger partial charge in [-0.25, -0.2) is 4.98 Å². The van der Waals surface area contributed by atoms with Crippen molar-refractivity contribution in [2.75, 3.05) is 5.32 Å². The monoisotopic (exact) mass is 386 g/mol. The molecule has 0 aliphatic heterocycles. The zero-order valence-corrected chi connectivity index (χ0v) is 16.2. The normalized spacial score (nSPS) is 10.6. The van der Waals surface area contributed by atoms with Crippen LogP contribution in [0.3, 0.4) is 0 Å². The van der Waals surface area contributed by atoms with Crippen molar-refractivity contribution in [3.05, 3.63) is 74.7 Å². The molecule has 0 saturated carbocycles. The second-order valence-corrected chi connectivity index (χ2v) is 7.38. The fourth-order valence-electron chi connectivity index (χ4n) is 2.38. The van der Waals surface area contributed by atoms with E-state index in [2.05, 4.69) is 24.1 Å². The highest BCUT2D eigenvalue weighted by atomic mass is 35.5. The van der Waals surface area contributed by atoms with Crippen LogP contribution in [0.15, 0.2) is 47.8 Å². The van der Waals surface area contributed by atoms with Gasteiger partial charge in [0.2, 0.25) is 5.91 Å². The first kappa shape index (κ1) is 18.4. The summed E-state index contributed by atoms with van der Waals surface area (Å²) in [5, 5.41) is 6.13. The molecule has 0 unspecified atom stereocenters. The first-order valence-corrected chi connectivity index (χ1v) is 9.44. The van der Waals surface area contributed by atoms with Gasteiger partial charge in [0.25, 0.3) is 0 Å². The van der Waals surface area contributed by atoms with Crippen LogP contribution >= 0.6 is 22.9 Å². The molecule has 0 aliphatic rings. The van der Waals surface area contributed by atoms with Crippen LogP contribution in [-0.2, 0) is 17.8 Å². The molecule has 0 spiro atoms. The fourth-order valence-corrected chi connectivity index (χ4v) is 3.28. The van der Waals surface area contributed by atoms with E-state index in [1.54, 1.807) is 24.3 Å². The summed E-state index contributed by atoms with van der Waals surface area (Å²) >= 11 is 7.41. The molecule has 6 heteroatoms. The van der Waals surface area contributed by atoms with Crippen LogP contribution in [0.1, 0.15) is 21.8 Å². The smallest absolute Gasteiger partial charge is 0.230 e. The van der Waals surface area contributed by atoms with E-state index in [4.69, 9.17) is 16.3 Å². The third-order valence-corrected chi connectivity index (χ3v) is 5.00. The maximum atomic E-state index is 12.1. The van der Waals surface area contributed by atoms with Crippen molar-refractivity contribution in [3.63, 3.8) is 0 Å². The summed E-state index contributed by atoms with van der Waals surface area (Å²) < 4.78 is 5.79. The van der Waals surface area contributed by atoms with Gasteiger partial charge < -0.3 is 10.1 Å². The van der Waals surface area contributed by atoms with Crippen molar-refractivity contribution >= 4 is 34.5 Å². The van der Waals surface area contributed by atoms with Crippen LogP contribution in [0.5, 0.6) is 5.75 Å².